The highest BCUT2D eigenvalue weighted by Crippen LogP contribution is 2.44. The molecular weight excluding hydrogens is 653 g/mol. The van der Waals surface area contributed by atoms with Crippen molar-refractivity contribution in [3.63, 3.8) is 0 Å². The van der Waals surface area contributed by atoms with E-state index in [0.29, 0.717) is 5.82 Å². The molecule has 0 aliphatic rings. The van der Waals surface area contributed by atoms with E-state index < -0.39 is 0 Å². The summed E-state index contributed by atoms with van der Waals surface area (Å²) < 4.78 is 9.01. The molecule has 0 bridgehead atoms. The minimum atomic E-state index is 0.689. The molecule has 3 aromatic heterocycles. The van der Waals surface area contributed by atoms with Gasteiger partial charge in [-0.05, 0) is 74.6 Å². The van der Waals surface area contributed by atoms with E-state index >= 15 is 0 Å². The lowest BCUT2D eigenvalue weighted by molar-refractivity contribution is 0.670. The molecule has 11 aromatic rings. The number of hydrogen-bond acceptors (Lipinski definition) is 4. The van der Waals surface area contributed by atoms with Crippen LogP contribution in [0.2, 0.25) is 0 Å². The van der Waals surface area contributed by atoms with Crippen molar-refractivity contribution >= 4 is 75.1 Å². The third kappa shape index (κ3) is 4.58. The minimum Gasteiger partial charge on any atom is -0.455 e. The maximum Gasteiger partial charge on any atom is 0.161 e. The second kappa shape index (κ2) is 11.5. The van der Waals surface area contributed by atoms with Crippen molar-refractivity contribution in [2.75, 3.05) is 0 Å². The Kier molecular flexibility index (Phi) is 6.42. The van der Waals surface area contributed by atoms with Crippen molar-refractivity contribution in [2.24, 2.45) is 0 Å². The first-order chi connectivity index (χ1) is 25.7. The van der Waals surface area contributed by atoms with Crippen LogP contribution in [0.3, 0.4) is 0 Å². The van der Waals surface area contributed by atoms with Gasteiger partial charge in [-0.1, -0.05) is 133 Å². The Hall–Kier alpha value is -6.62. The van der Waals surface area contributed by atoms with Gasteiger partial charge in [0, 0.05) is 37.5 Å². The highest BCUT2D eigenvalue weighted by atomic mass is 32.1. The van der Waals surface area contributed by atoms with Gasteiger partial charge in [0.25, 0.3) is 0 Å². The smallest absolute Gasteiger partial charge is 0.161 e. The van der Waals surface area contributed by atoms with Crippen molar-refractivity contribution < 1.29 is 4.42 Å². The van der Waals surface area contributed by atoms with Crippen LogP contribution in [-0.2, 0) is 0 Å². The second-order valence-corrected chi connectivity index (χ2v) is 14.4. The SMILES string of the molecule is c1ccc2cc(-c3ccc(-c4ccc(-c5nc(-c6ccc7ccccc7c6)c6sc7ccccc7c6n5)c5c4oc4ccccc45)cc3)ccc2c1. The average Bonchev–Trinajstić information content (AvgIpc) is 3.79. The molecule has 0 unspecified atom stereocenters. The molecule has 11 rings (SSSR count). The highest BCUT2D eigenvalue weighted by molar-refractivity contribution is 7.26. The van der Waals surface area contributed by atoms with Gasteiger partial charge in [-0.25, -0.2) is 9.97 Å². The summed E-state index contributed by atoms with van der Waals surface area (Å²) in [7, 11) is 0. The van der Waals surface area contributed by atoms with Gasteiger partial charge in [0.1, 0.15) is 11.2 Å². The van der Waals surface area contributed by atoms with Gasteiger partial charge in [-0.3, -0.25) is 0 Å². The summed E-state index contributed by atoms with van der Waals surface area (Å²) in [6.07, 6.45) is 0. The van der Waals surface area contributed by atoms with Crippen molar-refractivity contribution in [1.29, 1.82) is 0 Å². The van der Waals surface area contributed by atoms with E-state index in [1.807, 2.05) is 12.1 Å². The molecule has 0 amide bonds. The topological polar surface area (TPSA) is 38.9 Å². The number of furan rings is 1. The Morgan fingerprint density at radius 3 is 1.83 bits per heavy atom. The summed E-state index contributed by atoms with van der Waals surface area (Å²) in [6.45, 7) is 0. The van der Waals surface area contributed by atoms with Crippen molar-refractivity contribution in [3.05, 3.63) is 170 Å². The Balaban J connectivity index is 1.11. The van der Waals surface area contributed by atoms with E-state index in [4.69, 9.17) is 14.4 Å². The lowest BCUT2D eigenvalue weighted by Crippen LogP contribution is -1.95. The van der Waals surface area contributed by atoms with Gasteiger partial charge in [0.15, 0.2) is 5.82 Å². The van der Waals surface area contributed by atoms with Gasteiger partial charge < -0.3 is 4.42 Å². The normalized spacial score (nSPS) is 11.8. The van der Waals surface area contributed by atoms with E-state index in [-0.39, 0.29) is 0 Å². The van der Waals surface area contributed by atoms with E-state index in [2.05, 4.69) is 158 Å². The molecule has 0 saturated carbocycles. The van der Waals surface area contributed by atoms with Crippen LogP contribution in [0, 0.1) is 0 Å². The number of thiophene rings is 1. The van der Waals surface area contributed by atoms with E-state index in [1.54, 1.807) is 11.3 Å². The highest BCUT2D eigenvalue weighted by Gasteiger charge is 2.22. The summed E-state index contributed by atoms with van der Waals surface area (Å²) >= 11 is 1.76. The van der Waals surface area contributed by atoms with Crippen LogP contribution in [0.5, 0.6) is 0 Å². The number of fused-ring (bicyclic) bond motifs is 8. The van der Waals surface area contributed by atoms with Gasteiger partial charge in [0.05, 0.1) is 15.9 Å². The van der Waals surface area contributed by atoms with Crippen molar-refractivity contribution in [3.8, 4) is 44.9 Å². The van der Waals surface area contributed by atoms with Crippen LogP contribution in [0.1, 0.15) is 0 Å². The molecule has 52 heavy (non-hydrogen) atoms. The van der Waals surface area contributed by atoms with Gasteiger partial charge >= 0.3 is 0 Å². The fourth-order valence-electron chi connectivity index (χ4n) is 7.70. The number of aromatic nitrogens is 2. The molecule has 0 N–H and O–H groups in total. The first-order valence-corrected chi connectivity index (χ1v) is 18.3. The molecule has 0 spiro atoms. The molecule has 0 aliphatic heterocycles. The van der Waals surface area contributed by atoms with Gasteiger partial charge in [-0.15, -0.1) is 11.3 Å². The first kappa shape index (κ1) is 29.1. The zero-order chi connectivity index (χ0) is 34.2. The van der Waals surface area contributed by atoms with Crippen LogP contribution < -0.4 is 0 Å². The fraction of sp³-hybridized carbons (Fsp3) is 0. The molecule has 0 fully saturated rings. The molecule has 4 heteroatoms. The first-order valence-electron chi connectivity index (χ1n) is 17.5. The van der Waals surface area contributed by atoms with Crippen molar-refractivity contribution in [2.45, 2.75) is 0 Å². The predicted molar refractivity (Wildman–Crippen MR) is 219 cm³/mol. The average molecular weight is 681 g/mol. The third-order valence-electron chi connectivity index (χ3n) is 10.3. The maximum atomic E-state index is 6.72. The van der Waals surface area contributed by atoms with Crippen LogP contribution >= 0.6 is 11.3 Å². The Labute approximate surface area is 303 Å². The molecule has 0 saturated heterocycles. The summed E-state index contributed by atoms with van der Waals surface area (Å²) in [4.78, 5) is 10.8. The Bertz CT molecular complexity index is 3190. The number of rotatable bonds is 4. The Morgan fingerprint density at radius 1 is 0.442 bits per heavy atom. The standard InChI is InChI=1S/C48H28N2OS/c1-3-11-33-27-35(23-19-29(33)9-1)31-17-21-32(22-18-31)37-25-26-40(43-38-13-5-7-15-41(38)51-46(37)43)48-49-44(36-24-20-30-10-2-4-12-34(30)28-36)47-45(50-48)39-14-6-8-16-42(39)52-47/h1-28H. The molecule has 3 heterocycles. The van der Waals surface area contributed by atoms with Crippen LogP contribution in [0.4, 0.5) is 0 Å². The quantitative estimate of drug-likeness (QED) is 0.186. The third-order valence-corrected chi connectivity index (χ3v) is 11.5. The number of nitrogens with zero attached hydrogens (tertiary/aromatic N) is 2. The molecule has 0 radical (unpaired) electrons. The summed E-state index contributed by atoms with van der Waals surface area (Å²) in [5, 5.41) is 8.10. The molecule has 8 aromatic carbocycles. The lowest BCUT2D eigenvalue weighted by Gasteiger charge is -2.11. The van der Waals surface area contributed by atoms with Crippen molar-refractivity contribution in [1.82, 2.24) is 9.97 Å². The number of hydrogen-bond donors (Lipinski definition) is 0. The van der Waals surface area contributed by atoms with Crippen LogP contribution in [-0.4, -0.2) is 9.97 Å². The molecule has 3 nitrogen and oxygen atoms in total. The number of para-hydroxylation sites is 1. The molecule has 242 valence electrons. The van der Waals surface area contributed by atoms with Gasteiger partial charge in [-0.2, -0.15) is 0 Å². The Morgan fingerprint density at radius 2 is 1.04 bits per heavy atom. The summed E-state index contributed by atoms with van der Waals surface area (Å²) in [5.41, 5.74) is 10.1. The fourth-order valence-corrected chi connectivity index (χ4v) is 8.85. The second-order valence-electron chi connectivity index (χ2n) is 13.3. The monoisotopic (exact) mass is 680 g/mol. The lowest BCUT2D eigenvalue weighted by atomic mass is 9.95. The van der Waals surface area contributed by atoms with E-state index in [0.717, 1.165) is 65.5 Å². The molecule has 0 aliphatic carbocycles. The predicted octanol–water partition coefficient (Wildman–Crippen LogP) is 13.7. The molecule has 0 atom stereocenters. The zero-order valence-electron chi connectivity index (χ0n) is 27.9. The summed E-state index contributed by atoms with van der Waals surface area (Å²) in [5.74, 6) is 0.689. The van der Waals surface area contributed by atoms with Crippen LogP contribution in [0.15, 0.2) is 174 Å². The van der Waals surface area contributed by atoms with E-state index in [9.17, 15) is 0 Å². The minimum absolute atomic E-state index is 0.689. The van der Waals surface area contributed by atoms with Gasteiger partial charge in [0.2, 0.25) is 0 Å². The number of benzene rings is 8. The van der Waals surface area contributed by atoms with Crippen LogP contribution in [0.25, 0.3) is 109 Å². The molecular formula is C48H28N2OS. The maximum absolute atomic E-state index is 6.72. The largest absolute Gasteiger partial charge is 0.455 e. The van der Waals surface area contributed by atoms with E-state index in [1.165, 1.54) is 37.4 Å². The summed E-state index contributed by atoms with van der Waals surface area (Å²) in [6, 6.07) is 60.2. The zero-order valence-corrected chi connectivity index (χ0v) is 28.7.